The van der Waals surface area contributed by atoms with E-state index >= 15 is 0 Å². The largest absolute Gasteiger partial charge is 0.489 e. The maximum atomic E-state index is 12.3. The molecule has 0 saturated heterocycles. The highest BCUT2D eigenvalue weighted by molar-refractivity contribution is 5.99. The molecule has 5 rings (SSSR count). The Labute approximate surface area is 216 Å². The number of carbonyl (C=O) groups is 2. The lowest BCUT2D eigenvalue weighted by Gasteiger charge is -2.23. The average molecular weight is 498 g/mol. The molecule has 0 unspecified atom stereocenters. The van der Waals surface area contributed by atoms with Crippen molar-refractivity contribution in [1.82, 2.24) is 4.57 Å². The quantitative estimate of drug-likeness (QED) is 0.271. The van der Waals surface area contributed by atoms with Gasteiger partial charge in [-0.15, -0.1) is 0 Å². The molecule has 1 fully saturated rings. The Morgan fingerprint density at radius 2 is 1.68 bits per heavy atom. The summed E-state index contributed by atoms with van der Waals surface area (Å²) in [6, 6.07) is 23.4. The molecule has 0 bridgehead atoms. The molecule has 6 nitrogen and oxygen atoms in total. The first-order valence-corrected chi connectivity index (χ1v) is 12.8. The van der Waals surface area contributed by atoms with Crippen LogP contribution in [0.3, 0.4) is 0 Å². The Kier molecular flexibility index (Phi) is 7.26. The van der Waals surface area contributed by atoms with E-state index < -0.39 is 11.9 Å². The van der Waals surface area contributed by atoms with Gasteiger partial charge in [0.05, 0.1) is 23.9 Å². The smallest absolute Gasteiger partial charge is 0.337 e. The average Bonchev–Trinajstić information content (AvgIpc) is 3.25. The molecule has 1 N–H and O–H groups in total. The van der Waals surface area contributed by atoms with E-state index in [4.69, 9.17) is 9.47 Å². The van der Waals surface area contributed by atoms with Gasteiger partial charge in [0, 0.05) is 5.39 Å². The summed E-state index contributed by atoms with van der Waals surface area (Å²) in [4.78, 5) is 24.3. The van der Waals surface area contributed by atoms with Crippen LogP contribution in [-0.2, 0) is 22.7 Å². The molecule has 0 radical (unpaired) electrons. The van der Waals surface area contributed by atoms with Gasteiger partial charge in [0.25, 0.3) is 0 Å². The molecule has 37 heavy (non-hydrogen) atoms. The van der Waals surface area contributed by atoms with E-state index in [9.17, 15) is 14.7 Å². The zero-order valence-corrected chi connectivity index (χ0v) is 21.0. The van der Waals surface area contributed by atoms with Gasteiger partial charge in [-0.05, 0) is 71.8 Å². The molecule has 1 aliphatic carbocycles. The number of ether oxygens (including phenoxy) is 2. The number of carbonyl (C=O) groups excluding carboxylic acids is 1. The van der Waals surface area contributed by atoms with Crippen molar-refractivity contribution in [2.24, 2.45) is 0 Å². The highest BCUT2D eigenvalue weighted by Gasteiger charge is 2.27. The molecule has 3 aromatic carbocycles. The van der Waals surface area contributed by atoms with Crippen molar-refractivity contribution in [3.63, 3.8) is 0 Å². The number of benzene rings is 3. The van der Waals surface area contributed by atoms with Crippen molar-refractivity contribution < 1.29 is 24.2 Å². The van der Waals surface area contributed by atoms with Crippen LogP contribution in [0, 0.1) is 0 Å². The summed E-state index contributed by atoms with van der Waals surface area (Å²) in [6.07, 6.45) is 5.66. The zero-order chi connectivity index (χ0) is 25.8. The number of aromatic nitrogens is 1. The van der Waals surface area contributed by atoms with E-state index in [1.807, 2.05) is 65.2 Å². The molecule has 4 aromatic rings. The third kappa shape index (κ3) is 5.24. The van der Waals surface area contributed by atoms with E-state index in [1.54, 1.807) is 12.1 Å². The fraction of sp³-hybridized carbons (Fsp3) is 0.290. The SMILES string of the molecule is COC(=O)c1ccc2c(C3CCCCC3)c(-c3ccc(OCc4ccccc4)cc3)n(CC(=O)O)c2c1. The van der Waals surface area contributed by atoms with Gasteiger partial charge in [0.2, 0.25) is 0 Å². The number of hydrogen-bond acceptors (Lipinski definition) is 4. The van der Waals surface area contributed by atoms with Crippen molar-refractivity contribution in [2.45, 2.75) is 51.2 Å². The molecule has 0 spiro atoms. The number of hydrogen-bond donors (Lipinski definition) is 1. The predicted molar refractivity (Wildman–Crippen MR) is 143 cm³/mol. The predicted octanol–water partition coefficient (Wildman–Crippen LogP) is 6.81. The van der Waals surface area contributed by atoms with Gasteiger partial charge < -0.3 is 19.1 Å². The molecule has 0 aliphatic heterocycles. The second-order valence-electron chi connectivity index (χ2n) is 9.60. The van der Waals surface area contributed by atoms with Crippen LogP contribution in [0.15, 0.2) is 72.8 Å². The van der Waals surface area contributed by atoms with Gasteiger partial charge in [0.15, 0.2) is 0 Å². The van der Waals surface area contributed by atoms with Crippen LogP contribution in [0.25, 0.3) is 22.2 Å². The van der Waals surface area contributed by atoms with Gasteiger partial charge in [-0.1, -0.05) is 55.7 Å². The van der Waals surface area contributed by atoms with E-state index in [-0.39, 0.29) is 6.54 Å². The van der Waals surface area contributed by atoms with Gasteiger partial charge in [-0.2, -0.15) is 0 Å². The third-order valence-electron chi connectivity index (χ3n) is 7.21. The first-order chi connectivity index (χ1) is 18.0. The molecular formula is C31H31NO5. The van der Waals surface area contributed by atoms with Crippen molar-refractivity contribution in [1.29, 1.82) is 0 Å². The summed E-state index contributed by atoms with van der Waals surface area (Å²) in [5.41, 5.74) is 5.25. The summed E-state index contributed by atoms with van der Waals surface area (Å²) in [5, 5.41) is 10.8. The highest BCUT2D eigenvalue weighted by atomic mass is 16.5. The molecular weight excluding hydrogens is 466 g/mol. The molecule has 190 valence electrons. The second-order valence-corrected chi connectivity index (χ2v) is 9.60. The van der Waals surface area contributed by atoms with Crippen LogP contribution in [0.4, 0.5) is 0 Å². The van der Waals surface area contributed by atoms with Crippen LogP contribution in [0.5, 0.6) is 5.75 Å². The standard InChI is InChI=1S/C31H31NO5/c1-36-31(35)24-14-17-26-27(18-24)32(19-28(33)34)30(29(26)22-10-6-3-7-11-22)23-12-15-25(16-13-23)37-20-21-8-4-2-5-9-21/h2,4-5,8-9,12-18,22H,3,6-7,10-11,19-20H2,1H3,(H,33,34). The summed E-state index contributed by atoms with van der Waals surface area (Å²) in [5.74, 6) is -0.287. The van der Waals surface area contributed by atoms with Crippen LogP contribution in [-0.4, -0.2) is 28.7 Å². The fourth-order valence-electron chi connectivity index (χ4n) is 5.49. The minimum Gasteiger partial charge on any atom is -0.489 e. The van der Waals surface area contributed by atoms with E-state index in [0.717, 1.165) is 59.2 Å². The van der Waals surface area contributed by atoms with Crippen LogP contribution >= 0.6 is 0 Å². The van der Waals surface area contributed by atoms with Crippen LogP contribution in [0.1, 0.15) is 59.5 Å². The number of carboxylic acid groups (broad SMARTS) is 1. The van der Waals surface area contributed by atoms with Gasteiger partial charge in [-0.25, -0.2) is 4.79 Å². The Balaban J connectivity index is 1.60. The number of aliphatic carboxylic acids is 1. The fourth-order valence-corrected chi connectivity index (χ4v) is 5.49. The number of carboxylic acids is 1. The van der Waals surface area contributed by atoms with Gasteiger partial charge >= 0.3 is 11.9 Å². The molecule has 6 heteroatoms. The van der Waals surface area contributed by atoms with E-state index in [2.05, 4.69) is 0 Å². The number of esters is 1. The summed E-state index contributed by atoms with van der Waals surface area (Å²) in [7, 11) is 1.35. The summed E-state index contributed by atoms with van der Waals surface area (Å²) >= 11 is 0. The zero-order valence-electron chi connectivity index (χ0n) is 21.0. The van der Waals surface area contributed by atoms with Crippen LogP contribution < -0.4 is 4.74 Å². The lowest BCUT2D eigenvalue weighted by atomic mass is 9.82. The molecule has 0 atom stereocenters. The number of methoxy groups -OCH3 is 1. The maximum absolute atomic E-state index is 12.3. The molecule has 0 amide bonds. The summed E-state index contributed by atoms with van der Waals surface area (Å²) < 4.78 is 12.8. The third-order valence-corrected chi connectivity index (χ3v) is 7.21. The lowest BCUT2D eigenvalue weighted by molar-refractivity contribution is -0.137. The Bertz CT molecular complexity index is 1400. The van der Waals surface area contributed by atoms with Crippen molar-refractivity contribution >= 4 is 22.8 Å². The molecule has 1 heterocycles. The Morgan fingerprint density at radius 1 is 0.946 bits per heavy atom. The minimum atomic E-state index is -0.931. The Hall–Kier alpha value is -4.06. The topological polar surface area (TPSA) is 77.8 Å². The van der Waals surface area contributed by atoms with Crippen molar-refractivity contribution in [2.75, 3.05) is 7.11 Å². The normalized spacial score (nSPS) is 14.0. The Morgan fingerprint density at radius 3 is 2.35 bits per heavy atom. The highest BCUT2D eigenvalue weighted by Crippen LogP contribution is 2.44. The first kappa shape index (κ1) is 24.6. The molecule has 1 saturated carbocycles. The first-order valence-electron chi connectivity index (χ1n) is 12.8. The van der Waals surface area contributed by atoms with Crippen molar-refractivity contribution in [3.8, 4) is 17.0 Å². The number of rotatable bonds is 8. The summed E-state index contributed by atoms with van der Waals surface area (Å²) in [6.45, 7) is 0.276. The van der Waals surface area contributed by atoms with Crippen molar-refractivity contribution in [3.05, 3.63) is 89.5 Å². The van der Waals surface area contributed by atoms with E-state index in [0.29, 0.717) is 18.1 Å². The monoisotopic (exact) mass is 497 g/mol. The van der Waals surface area contributed by atoms with E-state index in [1.165, 1.54) is 19.1 Å². The second kappa shape index (κ2) is 10.9. The number of fused-ring (bicyclic) bond motifs is 1. The van der Waals surface area contributed by atoms with Gasteiger partial charge in [-0.3, -0.25) is 4.79 Å². The molecule has 1 aliphatic rings. The van der Waals surface area contributed by atoms with Crippen LogP contribution in [0.2, 0.25) is 0 Å². The minimum absolute atomic E-state index is 0.199. The molecule has 1 aromatic heterocycles. The van der Waals surface area contributed by atoms with Gasteiger partial charge in [0.1, 0.15) is 18.9 Å². The number of nitrogens with zero attached hydrogens (tertiary/aromatic N) is 1. The maximum Gasteiger partial charge on any atom is 0.337 e. The lowest BCUT2D eigenvalue weighted by Crippen LogP contribution is -2.12.